The topological polar surface area (TPSA) is 17.1 Å². The zero-order valence-corrected chi connectivity index (χ0v) is 7.31. The summed E-state index contributed by atoms with van der Waals surface area (Å²) in [6, 6.07) is 0. The van der Waals surface area contributed by atoms with E-state index in [1.807, 2.05) is 6.08 Å². The molecule has 0 fully saturated rings. The highest BCUT2D eigenvalue weighted by atomic mass is 35.5. The van der Waals surface area contributed by atoms with Crippen LogP contribution in [0.15, 0.2) is 12.2 Å². The molecule has 0 N–H and O–H groups in total. The van der Waals surface area contributed by atoms with Crippen LogP contribution in [0.4, 0.5) is 0 Å². The fourth-order valence-electron chi connectivity index (χ4n) is 1.35. The van der Waals surface area contributed by atoms with E-state index in [0.29, 0.717) is 0 Å². The van der Waals surface area contributed by atoms with Crippen molar-refractivity contribution in [2.75, 3.05) is 0 Å². The molecular formula is C9H13ClO. The average Bonchev–Trinajstić information content (AvgIpc) is 1.84. The van der Waals surface area contributed by atoms with Gasteiger partial charge in [0.05, 0.1) is 5.92 Å². The van der Waals surface area contributed by atoms with Crippen LogP contribution in [-0.4, -0.2) is 5.24 Å². The van der Waals surface area contributed by atoms with Crippen molar-refractivity contribution in [3.63, 3.8) is 0 Å². The van der Waals surface area contributed by atoms with Crippen LogP contribution in [-0.2, 0) is 4.79 Å². The first-order valence-corrected chi connectivity index (χ1v) is 4.54. The Balaban J connectivity index is 2.48. The van der Waals surface area contributed by atoms with E-state index in [9.17, 15) is 4.79 Å². The van der Waals surface area contributed by atoms with Crippen LogP contribution in [0.1, 0.15) is 32.1 Å². The minimum Gasteiger partial charge on any atom is -0.281 e. The highest BCUT2D eigenvalue weighted by Gasteiger charge is 2.12. The Bertz CT molecular complexity index is 163. The molecule has 1 aliphatic carbocycles. The second-order valence-corrected chi connectivity index (χ2v) is 3.35. The van der Waals surface area contributed by atoms with E-state index >= 15 is 0 Å². The molecule has 0 amide bonds. The molecule has 1 unspecified atom stereocenters. The molecule has 11 heavy (non-hydrogen) atoms. The highest BCUT2D eigenvalue weighted by molar-refractivity contribution is 6.64. The van der Waals surface area contributed by atoms with Gasteiger partial charge in [0, 0.05) is 0 Å². The average molecular weight is 173 g/mol. The third kappa shape index (κ3) is 3.06. The summed E-state index contributed by atoms with van der Waals surface area (Å²) in [6.07, 6.45) is 9.66. The zero-order valence-electron chi connectivity index (χ0n) is 6.55. The van der Waals surface area contributed by atoms with E-state index in [1.54, 1.807) is 0 Å². The van der Waals surface area contributed by atoms with Gasteiger partial charge in [-0.2, -0.15) is 0 Å². The van der Waals surface area contributed by atoms with Crippen LogP contribution in [0.5, 0.6) is 0 Å². The van der Waals surface area contributed by atoms with Gasteiger partial charge in [0.25, 0.3) is 0 Å². The van der Waals surface area contributed by atoms with Gasteiger partial charge >= 0.3 is 0 Å². The summed E-state index contributed by atoms with van der Waals surface area (Å²) < 4.78 is 0. The lowest BCUT2D eigenvalue weighted by molar-refractivity contribution is -0.114. The first kappa shape index (κ1) is 8.79. The molecule has 0 bridgehead atoms. The minimum absolute atomic E-state index is 0.0167. The van der Waals surface area contributed by atoms with E-state index in [1.165, 1.54) is 12.8 Å². The van der Waals surface area contributed by atoms with Crippen molar-refractivity contribution in [2.24, 2.45) is 5.92 Å². The van der Waals surface area contributed by atoms with Gasteiger partial charge in [-0.15, -0.1) is 0 Å². The number of hydrogen-bond acceptors (Lipinski definition) is 1. The third-order valence-electron chi connectivity index (χ3n) is 2.05. The van der Waals surface area contributed by atoms with Gasteiger partial charge in [0.2, 0.25) is 5.24 Å². The van der Waals surface area contributed by atoms with E-state index < -0.39 is 0 Å². The van der Waals surface area contributed by atoms with E-state index in [4.69, 9.17) is 11.6 Å². The lowest BCUT2D eigenvalue weighted by atomic mass is 9.98. The van der Waals surface area contributed by atoms with Crippen molar-refractivity contribution in [2.45, 2.75) is 32.1 Å². The Morgan fingerprint density at radius 2 is 2.18 bits per heavy atom. The van der Waals surface area contributed by atoms with Gasteiger partial charge in [-0.25, -0.2) is 0 Å². The van der Waals surface area contributed by atoms with Crippen LogP contribution in [0.25, 0.3) is 0 Å². The fourth-order valence-corrected chi connectivity index (χ4v) is 1.53. The summed E-state index contributed by atoms with van der Waals surface area (Å²) in [5.74, 6) is -0.0167. The normalized spacial score (nSPS) is 28.6. The minimum atomic E-state index is -0.205. The molecule has 0 radical (unpaired) electrons. The Morgan fingerprint density at radius 3 is 2.91 bits per heavy atom. The molecule has 1 aliphatic rings. The molecule has 0 aromatic rings. The predicted octanol–water partition coefficient (Wildman–Crippen LogP) is 2.89. The van der Waals surface area contributed by atoms with Gasteiger partial charge in [-0.3, -0.25) is 4.79 Å². The van der Waals surface area contributed by atoms with Crippen molar-refractivity contribution in [1.82, 2.24) is 0 Å². The zero-order chi connectivity index (χ0) is 8.10. The number of hydrogen-bond donors (Lipinski definition) is 0. The first-order chi connectivity index (χ1) is 5.30. The predicted molar refractivity (Wildman–Crippen MR) is 46.6 cm³/mol. The van der Waals surface area contributed by atoms with E-state index in [-0.39, 0.29) is 11.2 Å². The fraction of sp³-hybridized carbons (Fsp3) is 0.667. The number of rotatable bonds is 1. The van der Waals surface area contributed by atoms with Gasteiger partial charge in [-0.1, -0.05) is 25.0 Å². The summed E-state index contributed by atoms with van der Waals surface area (Å²) in [7, 11) is 0. The second-order valence-electron chi connectivity index (χ2n) is 2.98. The monoisotopic (exact) mass is 172 g/mol. The lowest BCUT2D eigenvalue weighted by Gasteiger charge is -2.09. The number of carbonyl (C=O) groups excluding carboxylic acids is 1. The molecule has 0 aromatic heterocycles. The van der Waals surface area contributed by atoms with Crippen molar-refractivity contribution in [3.8, 4) is 0 Å². The quantitative estimate of drug-likeness (QED) is 0.439. The third-order valence-corrected chi connectivity index (χ3v) is 2.33. The van der Waals surface area contributed by atoms with Crippen LogP contribution in [0.2, 0.25) is 0 Å². The highest BCUT2D eigenvalue weighted by Crippen LogP contribution is 2.18. The van der Waals surface area contributed by atoms with Crippen molar-refractivity contribution in [3.05, 3.63) is 12.2 Å². The van der Waals surface area contributed by atoms with Gasteiger partial charge < -0.3 is 0 Å². The maximum atomic E-state index is 10.8. The van der Waals surface area contributed by atoms with Crippen molar-refractivity contribution in [1.29, 1.82) is 0 Å². The molecule has 1 nitrogen and oxygen atoms in total. The standard InChI is InChI=1S/C9H13ClO/c10-9(11)8-6-4-2-1-3-5-7-8/h4,6,8H,1-3,5,7H2/b6-4-. The van der Waals surface area contributed by atoms with Crippen LogP contribution >= 0.6 is 11.6 Å². The molecule has 0 saturated heterocycles. The largest absolute Gasteiger partial charge is 0.281 e. The number of halogens is 1. The molecule has 0 saturated carbocycles. The molecule has 0 aromatic carbocycles. The molecule has 62 valence electrons. The van der Waals surface area contributed by atoms with Crippen LogP contribution in [0.3, 0.4) is 0 Å². The summed E-state index contributed by atoms with van der Waals surface area (Å²) in [5.41, 5.74) is 0. The van der Waals surface area contributed by atoms with E-state index in [2.05, 4.69) is 6.08 Å². The van der Waals surface area contributed by atoms with Gasteiger partial charge in [0.1, 0.15) is 0 Å². The summed E-state index contributed by atoms with van der Waals surface area (Å²) in [4.78, 5) is 10.8. The number of allylic oxidation sites excluding steroid dienone is 2. The summed E-state index contributed by atoms with van der Waals surface area (Å²) >= 11 is 5.39. The number of carbonyl (C=O) groups is 1. The Labute approximate surface area is 72.4 Å². The Hall–Kier alpha value is -0.300. The molecule has 0 aliphatic heterocycles. The second kappa shape index (κ2) is 4.55. The molecular weight excluding hydrogens is 160 g/mol. The summed E-state index contributed by atoms with van der Waals surface area (Å²) in [5, 5.41) is -0.205. The maximum Gasteiger partial charge on any atom is 0.228 e. The molecule has 2 heteroatoms. The molecule has 0 spiro atoms. The molecule has 0 heterocycles. The smallest absolute Gasteiger partial charge is 0.228 e. The van der Waals surface area contributed by atoms with Crippen LogP contribution < -0.4 is 0 Å². The molecule has 1 rings (SSSR count). The Morgan fingerprint density at radius 1 is 1.36 bits per heavy atom. The van der Waals surface area contributed by atoms with Gasteiger partial charge in [-0.05, 0) is 30.9 Å². The van der Waals surface area contributed by atoms with Crippen molar-refractivity contribution >= 4 is 16.8 Å². The SMILES string of the molecule is O=C(Cl)C1/C=C\CCCCC1. The van der Waals surface area contributed by atoms with Crippen molar-refractivity contribution < 1.29 is 4.79 Å². The van der Waals surface area contributed by atoms with Gasteiger partial charge in [0.15, 0.2) is 0 Å². The lowest BCUT2D eigenvalue weighted by Crippen LogP contribution is -2.06. The van der Waals surface area contributed by atoms with Crippen LogP contribution in [0, 0.1) is 5.92 Å². The Kier molecular flexibility index (Phi) is 3.64. The maximum absolute atomic E-state index is 10.8. The van der Waals surface area contributed by atoms with E-state index in [0.717, 1.165) is 19.3 Å². The summed E-state index contributed by atoms with van der Waals surface area (Å²) in [6.45, 7) is 0. The molecule has 1 atom stereocenters. The first-order valence-electron chi connectivity index (χ1n) is 4.16.